The molecule has 0 radical (unpaired) electrons. The first-order valence-corrected chi connectivity index (χ1v) is 7.33. The first-order chi connectivity index (χ1) is 8.79. The number of likely N-dealkylation sites (tertiary alicyclic amines) is 1. The molecule has 2 rings (SSSR count). The Kier molecular flexibility index (Phi) is 5.21. The van der Waals surface area contributed by atoms with E-state index >= 15 is 0 Å². The van der Waals surface area contributed by atoms with Gasteiger partial charge in [-0.3, -0.25) is 4.90 Å². The first kappa shape index (κ1) is 13.6. The summed E-state index contributed by atoms with van der Waals surface area (Å²) in [5.41, 5.74) is 7.59. The van der Waals surface area contributed by atoms with Crippen LogP contribution >= 0.6 is 0 Å². The Morgan fingerprint density at radius 2 is 2.06 bits per heavy atom. The Morgan fingerprint density at radius 1 is 1.28 bits per heavy atom. The average molecular weight is 246 g/mol. The topological polar surface area (TPSA) is 29.3 Å². The van der Waals surface area contributed by atoms with Gasteiger partial charge in [-0.1, -0.05) is 43.7 Å². The molecule has 0 aromatic heterocycles. The van der Waals surface area contributed by atoms with Crippen LogP contribution in [0.15, 0.2) is 30.3 Å². The largest absolute Gasteiger partial charge is 0.328 e. The van der Waals surface area contributed by atoms with Crippen LogP contribution in [0.5, 0.6) is 0 Å². The Bertz CT molecular complexity index is 334. The number of hydrogen-bond donors (Lipinski definition) is 1. The van der Waals surface area contributed by atoms with E-state index in [1.165, 1.54) is 31.5 Å². The highest BCUT2D eigenvalue weighted by atomic mass is 15.2. The quantitative estimate of drug-likeness (QED) is 0.865. The first-order valence-electron chi connectivity index (χ1n) is 7.33. The van der Waals surface area contributed by atoms with Crippen LogP contribution in [0, 0.1) is 0 Å². The molecule has 100 valence electrons. The molecule has 2 nitrogen and oxygen atoms in total. The summed E-state index contributed by atoms with van der Waals surface area (Å²) in [6.07, 6.45) is 6.05. The molecule has 1 aliphatic heterocycles. The zero-order chi connectivity index (χ0) is 12.8. The number of nitrogens with two attached hydrogens (primary N) is 1. The van der Waals surface area contributed by atoms with Crippen molar-refractivity contribution in [3.63, 3.8) is 0 Å². The zero-order valence-electron chi connectivity index (χ0n) is 11.5. The molecule has 1 aliphatic rings. The van der Waals surface area contributed by atoms with Crippen molar-refractivity contribution in [3.8, 4) is 0 Å². The van der Waals surface area contributed by atoms with Crippen LogP contribution in [-0.4, -0.2) is 30.1 Å². The minimum atomic E-state index is 0.400. The molecular formula is C16H26N2. The molecule has 1 heterocycles. The Hall–Kier alpha value is -0.860. The maximum atomic E-state index is 6.14. The van der Waals surface area contributed by atoms with Crippen LogP contribution in [0.3, 0.4) is 0 Å². The Balaban J connectivity index is 1.96. The van der Waals surface area contributed by atoms with Crippen molar-refractivity contribution in [2.45, 2.75) is 51.1 Å². The van der Waals surface area contributed by atoms with Crippen molar-refractivity contribution in [1.29, 1.82) is 0 Å². The van der Waals surface area contributed by atoms with Gasteiger partial charge >= 0.3 is 0 Å². The molecule has 2 heteroatoms. The van der Waals surface area contributed by atoms with Gasteiger partial charge in [-0.2, -0.15) is 0 Å². The fourth-order valence-electron chi connectivity index (χ4n) is 2.88. The van der Waals surface area contributed by atoms with Crippen molar-refractivity contribution in [2.24, 2.45) is 5.73 Å². The highest BCUT2D eigenvalue weighted by Crippen LogP contribution is 2.20. The van der Waals surface area contributed by atoms with E-state index in [9.17, 15) is 0 Å². The zero-order valence-corrected chi connectivity index (χ0v) is 11.5. The number of rotatable bonds is 5. The lowest BCUT2D eigenvalue weighted by Gasteiger charge is -2.38. The molecule has 0 bridgehead atoms. The minimum Gasteiger partial charge on any atom is -0.328 e. The van der Waals surface area contributed by atoms with Gasteiger partial charge in [0, 0.05) is 12.1 Å². The van der Waals surface area contributed by atoms with E-state index in [-0.39, 0.29) is 0 Å². The summed E-state index contributed by atoms with van der Waals surface area (Å²) in [6, 6.07) is 11.9. The standard InChI is InChI=1S/C16H26N2/c1-2-3-10-18-11-9-15(17)13-16(18)12-14-7-5-4-6-8-14/h4-8,15-16H,2-3,9-13,17H2,1H3. The van der Waals surface area contributed by atoms with E-state index in [0.29, 0.717) is 12.1 Å². The Morgan fingerprint density at radius 3 is 2.78 bits per heavy atom. The van der Waals surface area contributed by atoms with Crippen molar-refractivity contribution < 1.29 is 0 Å². The van der Waals surface area contributed by atoms with E-state index in [4.69, 9.17) is 5.73 Å². The number of benzene rings is 1. The fourth-order valence-corrected chi connectivity index (χ4v) is 2.88. The number of hydrogen-bond acceptors (Lipinski definition) is 2. The molecule has 1 aromatic rings. The normalized spacial score (nSPS) is 25.2. The van der Waals surface area contributed by atoms with Gasteiger partial charge in [-0.25, -0.2) is 0 Å². The molecule has 0 saturated carbocycles. The molecule has 1 fully saturated rings. The van der Waals surface area contributed by atoms with Crippen LogP contribution in [0.25, 0.3) is 0 Å². The van der Waals surface area contributed by atoms with Crippen LogP contribution in [0.2, 0.25) is 0 Å². The van der Waals surface area contributed by atoms with Gasteiger partial charge in [0.25, 0.3) is 0 Å². The van der Waals surface area contributed by atoms with Crippen LogP contribution < -0.4 is 5.73 Å². The average Bonchev–Trinajstić information content (AvgIpc) is 2.39. The molecule has 1 saturated heterocycles. The van der Waals surface area contributed by atoms with Gasteiger partial charge < -0.3 is 5.73 Å². The molecule has 2 atom stereocenters. The number of piperidine rings is 1. The minimum absolute atomic E-state index is 0.400. The molecule has 2 N–H and O–H groups in total. The van der Waals surface area contributed by atoms with Crippen LogP contribution in [0.4, 0.5) is 0 Å². The fraction of sp³-hybridized carbons (Fsp3) is 0.625. The van der Waals surface area contributed by atoms with Gasteiger partial charge in [0.15, 0.2) is 0 Å². The molecule has 18 heavy (non-hydrogen) atoms. The summed E-state index contributed by atoms with van der Waals surface area (Å²) >= 11 is 0. The highest BCUT2D eigenvalue weighted by Gasteiger charge is 2.25. The van der Waals surface area contributed by atoms with E-state index < -0.39 is 0 Å². The van der Waals surface area contributed by atoms with Crippen molar-refractivity contribution in [3.05, 3.63) is 35.9 Å². The van der Waals surface area contributed by atoms with Crippen molar-refractivity contribution in [2.75, 3.05) is 13.1 Å². The van der Waals surface area contributed by atoms with Gasteiger partial charge in [-0.05, 0) is 44.3 Å². The van der Waals surface area contributed by atoms with E-state index in [0.717, 1.165) is 19.3 Å². The molecule has 0 spiro atoms. The smallest absolute Gasteiger partial charge is 0.0150 e. The number of unbranched alkanes of at least 4 members (excludes halogenated alkanes) is 1. The molecule has 2 unspecified atom stereocenters. The molecule has 1 aromatic carbocycles. The maximum absolute atomic E-state index is 6.14. The van der Waals surface area contributed by atoms with E-state index in [1.54, 1.807) is 0 Å². The second-order valence-corrected chi connectivity index (χ2v) is 5.52. The third-order valence-corrected chi connectivity index (χ3v) is 3.99. The lowest BCUT2D eigenvalue weighted by atomic mass is 9.92. The highest BCUT2D eigenvalue weighted by molar-refractivity contribution is 5.16. The Labute approximate surface area is 111 Å². The third-order valence-electron chi connectivity index (χ3n) is 3.99. The summed E-state index contributed by atoms with van der Waals surface area (Å²) in [4.78, 5) is 2.65. The lowest BCUT2D eigenvalue weighted by Crippen LogP contribution is -2.48. The van der Waals surface area contributed by atoms with Gasteiger partial charge in [0.05, 0.1) is 0 Å². The predicted octanol–water partition coefficient (Wildman–Crippen LogP) is 2.82. The summed E-state index contributed by atoms with van der Waals surface area (Å²) in [6.45, 7) is 4.68. The van der Waals surface area contributed by atoms with Crippen molar-refractivity contribution >= 4 is 0 Å². The van der Waals surface area contributed by atoms with Gasteiger partial charge in [0.2, 0.25) is 0 Å². The summed E-state index contributed by atoms with van der Waals surface area (Å²) in [5, 5.41) is 0. The SMILES string of the molecule is CCCCN1CCC(N)CC1Cc1ccccc1. The van der Waals surface area contributed by atoms with E-state index in [1.807, 2.05) is 0 Å². The predicted molar refractivity (Wildman–Crippen MR) is 77.6 cm³/mol. The molecule has 0 aliphatic carbocycles. The summed E-state index contributed by atoms with van der Waals surface area (Å²) in [5.74, 6) is 0. The monoisotopic (exact) mass is 246 g/mol. The van der Waals surface area contributed by atoms with Crippen LogP contribution in [-0.2, 0) is 6.42 Å². The van der Waals surface area contributed by atoms with Gasteiger partial charge in [0.1, 0.15) is 0 Å². The second-order valence-electron chi connectivity index (χ2n) is 5.52. The van der Waals surface area contributed by atoms with Crippen molar-refractivity contribution in [1.82, 2.24) is 4.90 Å². The third kappa shape index (κ3) is 3.82. The number of nitrogens with zero attached hydrogens (tertiary/aromatic N) is 1. The van der Waals surface area contributed by atoms with Gasteiger partial charge in [-0.15, -0.1) is 0 Å². The molecule has 0 amide bonds. The van der Waals surface area contributed by atoms with Crippen LogP contribution in [0.1, 0.15) is 38.2 Å². The maximum Gasteiger partial charge on any atom is 0.0150 e. The lowest BCUT2D eigenvalue weighted by molar-refractivity contribution is 0.133. The molecular weight excluding hydrogens is 220 g/mol. The second kappa shape index (κ2) is 6.91. The summed E-state index contributed by atoms with van der Waals surface area (Å²) < 4.78 is 0. The van der Waals surface area contributed by atoms with E-state index in [2.05, 4.69) is 42.2 Å². The summed E-state index contributed by atoms with van der Waals surface area (Å²) in [7, 11) is 0.